The molecule has 0 aromatic heterocycles. The van der Waals surface area contributed by atoms with E-state index in [0.717, 1.165) is 32.1 Å². The lowest BCUT2D eigenvalue weighted by atomic mass is 10.1. The Kier molecular flexibility index (Phi) is 11.0. The summed E-state index contributed by atoms with van der Waals surface area (Å²) in [6.45, 7) is 11.7. The molecule has 2 unspecified atom stereocenters. The van der Waals surface area contributed by atoms with E-state index in [2.05, 4.69) is 27.7 Å². The van der Waals surface area contributed by atoms with Crippen molar-refractivity contribution in [3.8, 4) is 0 Å². The summed E-state index contributed by atoms with van der Waals surface area (Å²) in [5, 5.41) is 0. The van der Waals surface area contributed by atoms with Gasteiger partial charge in [0.2, 0.25) is 0 Å². The van der Waals surface area contributed by atoms with Crippen molar-refractivity contribution in [2.24, 2.45) is 11.8 Å². The second-order valence-electron chi connectivity index (χ2n) is 5.71. The molecule has 0 heterocycles. The molecule has 0 aliphatic rings. The minimum Gasteiger partial charge on any atom is -0.308 e. The van der Waals surface area contributed by atoms with E-state index in [-0.39, 0.29) is 0 Å². The first-order valence-electron chi connectivity index (χ1n) is 7.85. The van der Waals surface area contributed by atoms with Crippen molar-refractivity contribution in [1.82, 2.24) is 0 Å². The monoisotopic (exact) mass is 292 g/mol. The van der Waals surface area contributed by atoms with Crippen molar-refractivity contribution in [2.75, 3.05) is 19.4 Å². The van der Waals surface area contributed by atoms with E-state index in [9.17, 15) is 4.57 Å². The molecule has 0 bridgehead atoms. The first-order valence-corrected chi connectivity index (χ1v) is 9.58. The Labute approximate surface area is 120 Å². The van der Waals surface area contributed by atoms with Gasteiger partial charge in [-0.2, -0.15) is 0 Å². The Bertz CT molecular complexity index is 236. The Balaban J connectivity index is 4.21. The molecule has 0 saturated heterocycles. The highest BCUT2D eigenvalue weighted by molar-refractivity contribution is 7.53. The molecular weight excluding hydrogens is 259 g/mol. The molecule has 0 fully saturated rings. The van der Waals surface area contributed by atoms with Crippen LogP contribution in [0.3, 0.4) is 0 Å². The van der Waals surface area contributed by atoms with Crippen LogP contribution in [-0.4, -0.2) is 19.4 Å². The number of hydrogen-bond donors (Lipinski definition) is 0. The summed E-state index contributed by atoms with van der Waals surface area (Å²) < 4.78 is 23.9. The molecule has 0 rings (SSSR count). The van der Waals surface area contributed by atoms with Crippen molar-refractivity contribution in [2.45, 2.75) is 66.7 Å². The lowest BCUT2D eigenvalue weighted by molar-refractivity contribution is 0.162. The predicted octanol–water partition coefficient (Wildman–Crippen LogP) is 5.50. The van der Waals surface area contributed by atoms with Gasteiger partial charge in [0.25, 0.3) is 0 Å². The molecule has 0 spiro atoms. The van der Waals surface area contributed by atoms with Gasteiger partial charge in [0, 0.05) is 6.16 Å². The molecule has 3 nitrogen and oxygen atoms in total. The van der Waals surface area contributed by atoms with Crippen LogP contribution in [-0.2, 0) is 13.6 Å². The smallest absolute Gasteiger partial charge is 0.308 e. The number of hydrogen-bond acceptors (Lipinski definition) is 3. The van der Waals surface area contributed by atoms with Crippen molar-refractivity contribution < 1.29 is 13.6 Å². The van der Waals surface area contributed by atoms with E-state index in [1.807, 2.05) is 6.92 Å². The molecule has 0 saturated carbocycles. The van der Waals surface area contributed by atoms with Gasteiger partial charge in [-0.05, 0) is 31.1 Å². The van der Waals surface area contributed by atoms with Gasteiger partial charge in [-0.1, -0.05) is 47.5 Å². The summed E-state index contributed by atoms with van der Waals surface area (Å²) in [6, 6.07) is 0. The van der Waals surface area contributed by atoms with Crippen LogP contribution in [0.5, 0.6) is 0 Å². The minimum absolute atomic E-state index is 0.451. The van der Waals surface area contributed by atoms with E-state index in [4.69, 9.17) is 9.05 Å². The topological polar surface area (TPSA) is 35.5 Å². The van der Waals surface area contributed by atoms with Crippen molar-refractivity contribution in [3.05, 3.63) is 0 Å². The van der Waals surface area contributed by atoms with Crippen LogP contribution in [0.25, 0.3) is 0 Å². The first kappa shape index (κ1) is 19.1. The van der Waals surface area contributed by atoms with Crippen LogP contribution >= 0.6 is 7.60 Å². The summed E-state index contributed by atoms with van der Waals surface area (Å²) in [6.07, 6.45) is 5.86. The number of rotatable bonds is 12. The van der Waals surface area contributed by atoms with E-state index in [0.29, 0.717) is 31.2 Å². The molecule has 116 valence electrons. The van der Waals surface area contributed by atoms with Crippen molar-refractivity contribution in [3.63, 3.8) is 0 Å². The molecule has 0 amide bonds. The Hall–Kier alpha value is 0.150. The summed E-state index contributed by atoms with van der Waals surface area (Å²) in [5.74, 6) is 0.902. The lowest BCUT2D eigenvalue weighted by Crippen LogP contribution is -2.11. The van der Waals surface area contributed by atoms with Crippen molar-refractivity contribution >= 4 is 7.60 Å². The zero-order chi connectivity index (χ0) is 14.7. The van der Waals surface area contributed by atoms with E-state index in [1.165, 1.54) is 0 Å². The second-order valence-corrected chi connectivity index (χ2v) is 7.90. The van der Waals surface area contributed by atoms with Gasteiger partial charge in [0.1, 0.15) is 0 Å². The lowest BCUT2D eigenvalue weighted by Gasteiger charge is -2.22. The molecule has 0 N–H and O–H groups in total. The maximum atomic E-state index is 12.6. The zero-order valence-electron chi connectivity index (χ0n) is 13.5. The third kappa shape index (κ3) is 9.65. The normalized spacial score (nSPS) is 17.9. The molecule has 4 heteroatoms. The Morgan fingerprint density at radius 3 is 1.58 bits per heavy atom. The fourth-order valence-corrected chi connectivity index (χ4v) is 3.92. The standard InChI is InChI=1S/C15H33O3P/c1-6-9-14(4)12-17-19(16,11-8-3)18-13-15(5)10-7-2/h14-15H,6-13H2,1-5H3. The van der Waals surface area contributed by atoms with E-state index < -0.39 is 7.60 Å². The largest absolute Gasteiger partial charge is 0.330 e. The average molecular weight is 292 g/mol. The van der Waals surface area contributed by atoms with Gasteiger partial charge < -0.3 is 9.05 Å². The average Bonchev–Trinajstić information content (AvgIpc) is 2.36. The maximum Gasteiger partial charge on any atom is 0.330 e. The van der Waals surface area contributed by atoms with Gasteiger partial charge in [-0.3, -0.25) is 4.57 Å². The Morgan fingerprint density at radius 2 is 1.26 bits per heavy atom. The van der Waals surface area contributed by atoms with Crippen LogP contribution < -0.4 is 0 Å². The van der Waals surface area contributed by atoms with Crippen molar-refractivity contribution in [1.29, 1.82) is 0 Å². The maximum absolute atomic E-state index is 12.6. The fraction of sp³-hybridized carbons (Fsp3) is 1.00. The fourth-order valence-electron chi connectivity index (χ4n) is 2.07. The first-order chi connectivity index (χ1) is 8.97. The SMILES string of the molecule is CCCC(C)COP(=O)(CCC)OCC(C)CCC. The van der Waals surface area contributed by atoms with E-state index in [1.54, 1.807) is 0 Å². The van der Waals surface area contributed by atoms with E-state index >= 15 is 0 Å². The third-order valence-electron chi connectivity index (χ3n) is 3.17. The van der Waals surface area contributed by atoms with Gasteiger partial charge in [0.05, 0.1) is 13.2 Å². The second kappa shape index (κ2) is 10.9. The van der Waals surface area contributed by atoms with Crippen LogP contribution in [0.1, 0.15) is 66.7 Å². The van der Waals surface area contributed by atoms with Crippen LogP contribution in [0.15, 0.2) is 0 Å². The van der Waals surface area contributed by atoms with Gasteiger partial charge in [0.15, 0.2) is 0 Å². The van der Waals surface area contributed by atoms with Crippen LogP contribution in [0, 0.1) is 11.8 Å². The quantitative estimate of drug-likeness (QED) is 0.446. The van der Waals surface area contributed by atoms with Gasteiger partial charge >= 0.3 is 7.60 Å². The summed E-state index contributed by atoms with van der Waals surface area (Å²) >= 11 is 0. The minimum atomic E-state index is -2.87. The summed E-state index contributed by atoms with van der Waals surface area (Å²) in [5.41, 5.74) is 0. The molecule has 19 heavy (non-hydrogen) atoms. The molecule has 0 aliphatic carbocycles. The molecule has 0 aromatic rings. The highest BCUT2D eigenvalue weighted by atomic mass is 31.2. The molecule has 0 aromatic carbocycles. The molecular formula is C15H33O3P. The highest BCUT2D eigenvalue weighted by Gasteiger charge is 2.25. The third-order valence-corrected chi connectivity index (χ3v) is 5.25. The zero-order valence-corrected chi connectivity index (χ0v) is 14.4. The Morgan fingerprint density at radius 1 is 0.842 bits per heavy atom. The molecule has 2 atom stereocenters. The van der Waals surface area contributed by atoms with Gasteiger partial charge in [-0.25, -0.2) is 0 Å². The molecule has 0 radical (unpaired) electrons. The summed E-state index contributed by atoms with van der Waals surface area (Å²) in [7, 11) is -2.87. The highest BCUT2D eigenvalue weighted by Crippen LogP contribution is 2.49. The summed E-state index contributed by atoms with van der Waals surface area (Å²) in [4.78, 5) is 0. The van der Waals surface area contributed by atoms with Gasteiger partial charge in [-0.15, -0.1) is 0 Å². The predicted molar refractivity (Wildman–Crippen MR) is 82.8 cm³/mol. The van der Waals surface area contributed by atoms with Crippen LogP contribution in [0.2, 0.25) is 0 Å². The molecule has 0 aliphatic heterocycles. The van der Waals surface area contributed by atoms with Crippen LogP contribution in [0.4, 0.5) is 0 Å².